The molecular formula is C15H17Cl2N3O. The maximum Gasteiger partial charge on any atom is 0.222 e. The van der Waals surface area contributed by atoms with Crippen LogP contribution in [0.15, 0.2) is 18.2 Å². The molecule has 1 unspecified atom stereocenters. The summed E-state index contributed by atoms with van der Waals surface area (Å²) in [7, 11) is 1.84. The predicted octanol–water partition coefficient (Wildman–Crippen LogP) is 3.26. The molecule has 21 heavy (non-hydrogen) atoms. The molecule has 1 atom stereocenters. The molecule has 1 amide bonds. The third kappa shape index (κ3) is 2.62. The number of alkyl halides is 1. The van der Waals surface area contributed by atoms with Crippen LogP contribution in [0.1, 0.15) is 24.7 Å². The fourth-order valence-electron chi connectivity index (χ4n) is 3.01. The number of piperidine rings is 1. The van der Waals surface area contributed by atoms with Crippen LogP contribution in [0.3, 0.4) is 0 Å². The molecule has 3 rings (SSSR count). The van der Waals surface area contributed by atoms with Crippen molar-refractivity contribution in [1.29, 1.82) is 0 Å². The molecule has 1 aliphatic rings. The van der Waals surface area contributed by atoms with Gasteiger partial charge in [0.1, 0.15) is 5.82 Å². The highest BCUT2D eigenvalue weighted by Crippen LogP contribution is 2.32. The fourth-order valence-corrected chi connectivity index (χ4v) is 3.44. The number of likely N-dealkylation sites (tertiary alicyclic amines) is 1. The Kier molecular flexibility index (Phi) is 4.09. The van der Waals surface area contributed by atoms with Gasteiger partial charge in [-0.3, -0.25) is 4.79 Å². The van der Waals surface area contributed by atoms with Crippen molar-refractivity contribution in [2.24, 2.45) is 0 Å². The van der Waals surface area contributed by atoms with Crippen LogP contribution in [0.4, 0.5) is 0 Å². The van der Waals surface area contributed by atoms with Crippen molar-refractivity contribution >= 4 is 40.1 Å². The summed E-state index contributed by atoms with van der Waals surface area (Å²) in [6.45, 7) is 0.685. The predicted molar refractivity (Wildman–Crippen MR) is 85.1 cm³/mol. The molecule has 0 N–H and O–H groups in total. The van der Waals surface area contributed by atoms with Gasteiger partial charge in [0.2, 0.25) is 5.91 Å². The number of fused-ring (bicyclic) bond motifs is 1. The van der Waals surface area contributed by atoms with Crippen molar-refractivity contribution in [3.8, 4) is 0 Å². The summed E-state index contributed by atoms with van der Waals surface area (Å²) in [5, 5.41) is 0.695. The highest BCUT2D eigenvalue weighted by atomic mass is 35.5. The van der Waals surface area contributed by atoms with Gasteiger partial charge in [-0.25, -0.2) is 4.98 Å². The van der Waals surface area contributed by atoms with Crippen molar-refractivity contribution < 1.29 is 4.79 Å². The van der Waals surface area contributed by atoms with E-state index in [2.05, 4.69) is 9.55 Å². The molecule has 1 aromatic heterocycles. The maximum absolute atomic E-state index is 11.7. The normalized spacial score (nSPS) is 19.5. The smallest absolute Gasteiger partial charge is 0.222 e. The Morgan fingerprint density at radius 2 is 2.24 bits per heavy atom. The minimum atomic E-state index is 0.195. The Labute approximate surface area is 133 Å². The highest BCUT2D eigenvalue weighted by molar-refractivity contribution is 6.35. The average molecular weight is 326 g/mol. The molecule has 0 aliphatic carbocycles. The Balaban J connectivity index is 2.10. The minimum absolute atomic E-state index is 0.195. The summed E-state index contributed by atoms with van der Waals surface area (Å²) in [5.41, 5.74) is 1.84. The summed E-state index contributed by atoms with van der Waals surface area (Å²) in [5.74, 6) is 1.66. The molecule has 4 nitrogen and oxygen atoms in total. The highest BCUT2D eigenvalue weighted by Gasteiger charge is 2.27. The van der Waals surface area contributed by atoms with Gasteiger partial charge in [-0.1, -0.05) is 17.7 Å². The van der Waals surface area contributed by atoms with E-state index in [1.165, 1.54) is 0 Å². The molecule has 2 heterocycles. The molecular weight excluding hydrogens is 309 g/mol. The van der Waals surface area contributed by atoms with E-state index in [0.717, 1.165) is 23.3 Å². The first kappa shape index (κ1) is 14.7. The zero-order valence-corrected chi connectivity index (χ0v) is 13.4. The van der Waals surface area contributed by atoms with E-state index in [0.29, 0.717) is 30.3 Å². The van der Waals surface area contributed by atoms with Crippen LogP contribution in [0, 0.1) is 0 Å². The maximum atomic E-state index is 11.7. The molecule has 2 aromatic rings. The van der Waals surface area contributed by atoms with Gasteiger partial charge in [-0.2, -0.15) is 0 Å². The topological polar surface area (TPSA) is 38.1 Å². The first-order chi connectivity index (χ1) is 10.1. The van der Waals surface area contributed by atoms with Crippen LogP contribution in [0.25, 0.3) is 11.0 Å². The summed E-state index contributed by atoms with van der Waals surface area (Å²) in [6, 6.07) is 5.95. The second-order valence-corrected chi connectivity index (χ2v) is 6.20. The molecule has 0 saturated carbocycles. The third-order valence-corrected chi connectivity index (χ3v) is 4.51. The number of aryl methyl sites for hydroxylation is 1. The molecule has 1 aliphatic heterocycles. The Morgan fingerprint density at radius 3 is 2.95 bits per heavy atom. The molecule has 1 saturated heterocycles. The molecule has 0 bridgehead atoms. The number of hydrogen-bond donors (Lipinski definition) is 0. The monoisotopic (exact) mass is 325 g/mol. The first-order valence-corrected chi connectivity index (χ1v) is 7.98. The number of nitrogens with zero attached hydrogens (tertiary/aromatic N) is 3. The Bertz CT molecular complexity index is 683. The van der Waals surface area contributed by atoms with Gasteiger partial charge in [0.25, 0.3) is 0 Å². The van der Waals surface area contributed by atoms with Crippen LogP contribution >= 0.6 is 23.2 Å². The summed E-state index contributed by atoms with van der Waals surface area (Å²) in [6.07, 6.45) is 2.07. The van der Waals surface area contributed by atoms with Crippen molar-refractivity contribution in [2.45, 2.75) is 25.3 Å². The minimum Gasteiger partial charge on any atom is -0.344 e. The van der Waals surface area contributed by atoms with Crippen LogP contribution in [-0.2, 0) is 11.2 Å². The van der Waals surface area contributed by atoms with E-state index in [4.69, 9.17) is 23.2 Å². The quantitative estimate of drug-likeness (QED) is 0.812. The molecule has 0 spiro atoms. The molecule has 6 heteroatoms. The summed E-state index contributed by atoms with van der Waals surface area (Å²) in [4.78, 5) is 18.2. The molecule has 1 aromatic carbocycles. The van der Waals surface area contributed by atoms with E-state index in [1.54, 1.807) is 4.90 Å². The Hall–Kier alpha value is -1.26. The van der Waals surface area contributed by atoms with Crippen molar-refractivity contribution in [2.75, 3.05) is 19.5 Å². The largest absolute Gasteiger partial charge is 0.344 e. The number of likely N-dealkylation sites (N-methyl/N-ethyl adjacent to an activating group) is 1. The van der Waals surface area contributed by atoms with Crippen LogP contribution in [0.5, 0.6) is 0 Å². The second kappa shape index (κ2) is 5.85. The number of carbonyl (C=O) groups is 1. The standard InChI is InChI=1S/C15H17Cl2N3O/c1-19-9-10(5-6-14(19)21)20-13(7-8-16)18-12-4-2-3-11(17)15(12)20/h2-4,10H,5-9H2,1H3. The number of benzene rings is 1. The zero-order chi connectivity index (χ0) is 15.0. The zero-order valence-electron chi connectivity index (χ0n) is 11.9. The SMILES string of the molecule is CN1CC(n2c(CCCl)nc3cccc(Cl)c32)CCC1=O. The van der Waals surface area contributed by atoms with E-state index in [1.807, 2.05) is 25.2 Å². The van der Waals surface area contributed by atoms with E-state index >= 15 is 0 Å². The lowest BCUT2D eigenvalue weighted by Gasteiger charge is -2.32. The summed E-state index contributed by atoms with van der Waals surface area (Å²) >= 11 is 12.3. The first-order valence-electron chi connectivity index (χ1n) is 7.07. The molecule has 1 fully saturated rings. The number of carbonyl (C=O) groups excluding carboxylic acids is 1. The van der Waals surface area contributed by atoms with E-state index < -0.39 is 0 Å². The number of halogens is 2. The van der Waals surface area contributed by atoms with Gasteiger partial charge in [0.05, 0.1) is 22.1 Å². The second-order valence-electron chi connectivity index (χ2n) is 5.41. The summed E-state index contributed by atoms with van der Waals surface area (Å²) < 4.78 is 2.18. The van der Waals surface area contributed by atoms with Gasteiger partial charge in [-0.05, 0) is 18.6 Å². The lowest BCUT2D eigenvalue weighted by atomic mass is 10.0. The third-order valence-electron chi connectivity index (χ3n) is 4.02. The van der Waals surface area contributed by atoms with Gasteiger partial charge >= 0.3 is 0 Å². The van der Waals surface area contributed by atoms with Gasteiger partial charge < -0.3 is 9.47 Å². The van der Waals surface area contributed by atoms with Gasteiger partial charge in [0.15, 0.2) is 0 Å². The number of para-hydroxylation sites is 1. The number of aromatic nitrogens is 2. The van der Waals surface area contributed by atoms with E-state index in [-0.39, 0.29) is 11.9 Å². The van der Waals surface area contributed by atoms with Crippen LogP contribution < -0.4 is 0 Å². The number of rotatable bonds is 3. The number of hydrogen-bond acceptors (Lipinski definition) is 2. The van der Waals surface area contributed by atoms with Crippen molar-refractivity contribution in [3.63, 3.8) is 0 Å². The Morgan fingerprint density at radius 1 is 1.43 bits per heavy atom. The van der Waals surface area contributed by atoms with Gasteiger partial charge in [0, 0.05) is 32.3 Å². The van der Waals surface area contributed by atoms with Crippen LogP contribution in [0.2, 0.25) is 5.02 Å². The van der Waals surface area contributed by atoms with Gasteiger partial charge in [-0.15, -0.1) is 11.6 Å². The number of imidazole rings is 1. The lowest BCUT2D eigenvalue weighted by Crippen LogP contribution is -2.38. The van der Waals surface area contributed by atoms with Crippen molar-refractivity contribution in [3.05, 3.63) is 29.0 Å². The average Bonchev–Trinajstić information content (AvgIpc) is 2.82. The molecule has 112 valence electrons. The van der Waals surface area contributed by atoms with Crippen molar-refractivity contribution in [1.82, 2.24) is 14.5 Å². The van der Waals surface area contributed by atoms with E-state index in [9.17, 15) is 4.79 Å². The van der Waals surface area contributed by atoms with Crippen LogP contribution in [-0.4, -0.2) is 39.8 Å². The lowest BCUT2D eigenvalue weighted by molar-refractivity contribution is -0.132. The molecule has 0 radical (unpaired) electrons. The fraction of sp³-hybridized carbons (Fsp3) is 0.467. The number of amides is 1.